The van der Waals surface area contributed by atoms with E-state index in [-0.39, 0.29) is 6.10 Å². The molecular formula is C21H28N6O2S. The number of nitrogens with one attached hydrogen (secondary N) is 1. The van der Waals surface area contributed by atoms with Crippen LogP contribution in [0.4, 0.5) is 0 Å². The first-order valence-electron chi connectivity index (χ1n) is 9.62. The van der Waals surface area contributed by atoms with Gasteiger partial charge in [0.15, 0.2) is 5.96 Å². The number of thiazole rings is 1. The van der Waals surface area contributed by atoms with E-state index < -0.39 is 0 Å². The lowest BCUT2D eigenvalue weighted by Gasteiger charge is -2.20. The van der Waals surface area contributed by atoms with Crippen molar-refractivity contribution in [1.82, 2.24) is 25.0 Å². The van der Waals surface area contributed by atoms with E-state index in [1.165, 1.54) is 0 Å². The van der Waals surface area contributed by atoms with Gasteiger partial charge in [-0.2, -0.15) is 5.10 Å². The van der Waals surface area contributed by atoms with Crippen LogP contribution in [0.1, 0.15) is 29.4 Å². The van der Waals surface area contributed by atoms with Crippen LogP contribution >= 0.6 is 11.3 Å². The van der Waals surface area contributed by atoms with Gasteiger partial charge in [0.25, 0.3) is 0 Å². The maximum Gasteiger partial charge on any atom is 0.194 e. The van der Waals surface area contributed by atoms with Gasteiger partial charge in [-0.15, -0.1) is 11.3 Å². The van der Waals surface area contributed by atoms with Gasteiger partial charge in [0, 0.05) is 32.8 Å². The summed E-state index contributed by atoms with van der Waals surface area (Å²) in [6, 6.07) is 9.78. The fourth-order valence-corrected chi connectivity index (χ4v) is 3.73. The van der Waals surface area contributed by atoms with E-state index >= 15 is 0 Å². The summed E-state index contributed by atoms with van der Waals surface area (Å²) in [6.07, 6.45) is 1.95. The van der Waals surface area contributed by atoms with Gasteiger partial charge in [0.2, 0.25) is 0 Å². The Labute approximate surface area is 181 Å². The molecule has 0 spiro atoms. The predicted molar refractivity (Wildman–Crippen MR) is 119 cm³/mol. The number of aliphatic imine (C=N–C) groups is 1. The van der Waals surface area contributed by atoms with Crippen molar-refractivity contribution in [2.45, 2.75) is 26.1 Å². The van der Waals surface area contributed by atoms with Crippen molar-refractivity contribution in [3.8, 4) is 11.4 Å². The van der Waals surface area contributed by atoms with Crippen molar-refractivity contribution in [3.63, 3.8) is 0 Å². The van der Waals surface area contributed by atoms with Crippen molar-refractivity contribution < 1.29 is 9.47 Å². The molecule has 0 radical (unpaired) electrons. The molecule has 3 rings (SSSR count). The van der Waals surface area contributed by atoms with Crippen molar-refractivity contribution in [2.75, 3.05) is 28.3 Å². The van der Waals surface area contributed by atoms with Crippen LogP contribution < -0.4 is 10.1 Å². The normalized spacial score (nSPS) is 12.6. The second-order valence-electron chi connectivity index (χ2n) is 6.76. The minimum atomic E-state index is 0.00677. The maximum absolute atomic E-state index is 5.34. The van der Waals surface area contributed by atoms with Crippen LogP contribution in [0.2, 0.25) is 0 Å². The monoisotopic (exact) mass is 428 g/mol. The predicted octanol–water partition coefficient (Wildman–Crippen LogP) is 3.25. The summed E-state index contributed by atoms with van der Waals surface area (Å²) < 4.78 is 12.4. The number of guanidine groups is 1. The average Bonchev–Trinajstić information content (AvgIpc) is 3.43. The number of hydrogen-bond donors (Lipinski definition) is 1. The smallest absolute Gasteiger partial charge is 0.194 e. The van der Waals surface area contributed by atoms with Gasteiger partial charge in [0.05, 0.1) is 37.3 Å². The van der Waals surface area contributed by atoms with Gasteiger partial charge in [-0.25, -0.2) is 9.67 Å². The van der Waals surface area contributed by atoms with E-state index in [1.807, 2.05) is 60.1 Å². The molecule has 1 unspecified atom stereocenters. The van der Waals surface area contributed by atoms with Gasteiger partial charge >= 0.3 is 0 Å². The Bertz CT molecular complexity index is 966. The molecule has 160 valence electrons. The first kappa shape index (κ1) is 21.8. The third kappa shape index (κ3) is 5.37. The second-order valence-corrected chi connectivity index (χ2v) is 7.65. The lowest BCUT2D eigenvalue weighted by molar-refractivity contribution is 0.119. The van der Waals surface area contributed by atoms with Crippen LogP contribution in [0.3, 0.4) is 0 Å². The summed E-state index contributed by atoms with van der Waals surface area (Å²) in [6.45, 7) is 3.23. The highest BCUT2D eigenvalue weighted by atomic mass is 32.1. The topological polar surface area (TPSA) is 76.8 Å². The molecule has 2 heterocycles. The van der Waals surface area contributed by atoms with E-state index in [0.717, 1.165) is 33.8 Å². The van der Waals surface area contributed by atoms with Crippen LogP contribution in [-0.4, -0.2) is 53.9 Å². The fourth-order valence-electron chi connectivity index (χ4n) is 2.89. The Morgan fingerprint density at radius 2 is 2.00 bits per heavy atom. The van der Waals surface area contributed by atoms with Gasteiger partial charge < -0.3 is 19.7 Å². The number of hydrogen-bond acceptors (Lipinski definition) is 6. The molecule has 1 N–H and O–H groups in total. The number of nitrogens with zero attached hydrogens (tertiary/aromatic N) is 5. The molecule has 8 nitrogen and oxygen atoms in total. The van der Waals surface area contributed by atoms with Gasteiger partial charge in [-0.05, 0) is 37.3 Å². The Morgan fingerprint density at radius 3 is 2.67 bits per heavy atom. The maximum atomic E-state index is 5.34. The first-order valence-corrected chi connectivity index (χ1v) is 10.5. The molecule has 0 aliphatic rings. The highest BCUT2D eigenvalue weighted by Crippen LogP contribution is 2.21. The minimum absolute atomic E-state index is 0.00677. The van der Waals surface area contributed by atoms with Crippen LogP contribution in [0.5, 0.6) is 5.75 Å². The van der Waals surface area contributed by atoms with Crippen LogP contribution in [0, 0.1) is 0 Å². The molecule has 9 heteroatoms. The first-order chi connectivity index (χ1) is 14.5. The van der Waals surface area contributed by atoms with Crippen LogP contribution in [0.25, 0.3) is 5.69 Å². The summed E-state index contributed by atoms with van der Waals surface area (Å²) in [4.78, 5) is 11.1. The third-order valence-corrected chi connectivity index (χ3v) is 5.71. The zero-order chi connectivity index (χ0) is 21.5. The molecule has 0 amide bonds. The average molecular weight is 429 g/mol. The SMILES string of the molecule is CN=C(NCc1ccn(-c2ccc(OC)cc2)n1)N(C)Cc1csc(C(C)OC)n1. The van der Waals surface area contributed by atoms with E-state index in [4.69, 9.17) is 9.47 Å². The summed E-state index contributed by atoms with van der Waals surface area (Å²) >= 11 is 1.61. The fraction of sp³-hybridized carbons (Fsp3) is 0.381. The molecule has 1 atom stereocenters. The van der Waals surface area contributed by atoms with E-state index in [0.29, 0.717) is 13.1 Å². The van der Waals surface area contributed by atoms with Crippen LogP contribution in [0.15, 0.2) is 46.9 Å². The van der Waals surface area contributed by atoms with E-state index in [1.54, 1.807) is 32.6 Å². The lowest BCUT2D eigenvalue weighted by Crippen LogP contribution is -2.38. The molecule has 0 aliphatic carbocycles. The van der Waals surface area contributed by atoms with Gasteiger partial charge in [0.1, 0.15) is 16.9 Å². The summed E-state index contributed by atoms with van der Waals surface area (Å²) in [5.41, 5.74) is 2.89. The third-order valence-electron chi connectivity index (χ3n) is 4.65. The number of methoxy groups -OCH3 is 2. The van der Waals surface area contributed by atoms with Crippen molar-refractivity contribution in [2.24, 2.45) is 4.99 Å². The molecule has 0 saturated heterocycles. The molecule has 30 heavy (non-hydrogen) atoms. The molecule has 0 saturated carbocycles. The highest BCUT2D eigenvalue weighted by Gasteiger charge is 2.13. The molecule has 2 aromatic heterocycles. The number of ether oxygens (including phenoxy) is 2. The summed E-state index contributed by atoms with van der Waals surface area (Å²) in [5, 5.41) is 11.0. The highest BCUT2D eigenvalue weighted by molar-refractivity contribution is 7.09. The lowest BCUT2D eigenvalue weighted by atomic mass is 10.3. The molecule has 3 aromatic rings. The Hall–Kier alpha value is -2.91. The zero-order valence-electron chi connectivity index (χ0n) is 18.0. The summed E-state index contributed by atoms with van der Waals surface area (Å²) in [7, 11) is 7.11. The Balaban J connectivity index is 1.57. The van der Waals surface area contributed by atoms with Crippen molar-refractivity contribution in [1.29, 1.82) is 0 Å². The molecule has 0 aliphatic heterocycles. The molecule has 1 aromatic carbocycles. The van der Waals surface area contributed by atoms with Crippen molar-refractivity contribution >= 4 is 17.3 Å². The van der Waals surface area contributed by atoms with Gasteiger partial charge in [-0.3, -0.25) is 4.99 Å². The summed E-state index contributed by atoms with van der Waals surface area (Å²) in [5.74, 6) is 1.60. The number of benzene rings is 1. The quantitative estimate of drug-likeness (QED) is 0.438. The molecule has 0 fully saturated rings. The zero-order valence-corrected chi connectivity index (χ0v) is 18.8. The van der Waals surface area contributed by atoms with Crippen molar-refractivity contribution in [3.05, 3.63) is 58.3 Å². The second kappa shape index (κ2) is 10.2. The number of rotatable bonds is 8. The minimum Gasteiger partial charge on any atom is -0.497 e. The standard InChI is InChI=1S/C21H28N6O2S/c1-15(28-4)20-24-17(14-30-20)13-26(3)21(22-2)23-12-16-10-11-27(25-16)18-6-8-19(29-5)9-7-18/h6-11,14-15H,12-13H2,1-5H3,(H,22,23). The van der Waals surface area contributed by atoms with E-state index in [2.05, 4.69) is 25.8 Å². The molecule has 0 bridgehead atoms. The van der Waals surface area contributed by atoms with E-state index in [9.17, 15) is 0 Å². The molecular weight excluding hydrogens is 400 g/mol. The van der Waals surface area contributed by atoms with Gasteiger partial charge in [-0.1, -0.05) is 0 Å². The Kier molecular flexibility index (Phi) is 7.42. The largest absolute Gasteiger partial charge is 0.497 e. The Morgan fingerprint density at radius 1 is 1.23 bits per heavy atom. The number of aromatic nitrogens is 3. The van der Waals surface area contributed by atoms with Crippen LogP contribution in [-0.2, 0) is 17.8 Å².